The summed E-state index contributed by atoms with van der Waals surface area (Å²) in [6.07, 6.45) is 0.167. The predicted molar refractivity (Wildman–Crippen MR) is 20.9 cm³/mol. The summed E-state index contributed by atoms with van der Waals surface area (Å²) in [5.74, 6) is 0. The summed E-state index contributed by atoms with van der Waals surface area (Å²) in [5.41, 5.74) is -0.514. The highest BCUT2D eigenvalue weighted by Gasteiger charge is 1.87. The maximum absolute atomic E-state index is 9.45. The summed E-state index contributed by atoms with van der Waals surface area (Å²) in [4.78, 5) is 9.45. The molecule has 0 aromatic heterocycles. The second kappa shape index (κ2) is 2.85. The third-order valence-electron chi connectivity index (χ3n) is 0.334. The number of hydrogen-bond acceptors (Lipinski definition) is 4. The van der Waals surface area contributed by atoms with Gasteiger partial charge in [0.25, 0.3) is 0 Å². The summed E-state index contributed by atoms with van der Waals surface area (Å²) >= 11 is 0. The van der Waals surface area contributed by atoms with E-state index in [2.05, 4.69) is 5.16 Å². The van der Waals surface area contributed by atoms with Gasteiger partial charge in [0.05, 0.1) is 0 Å². The monoisotopic (exact) mass is 98.0 g/mol. The van der Waals surface area contributed by atoms with Crippen molar-refractivity contribution in [2.75, 3.05) is 0 Å². The minimum Gasteiger partial charge on any atom is -0.410 e. The lowest BCUT2D eigenvalue weighted by Crippen LogP contribution is -1.92. The third-order valence-corrected chi connectivity index (χ3v) is 0.334. The summed E-state index contributed by atoms with van der Waals surface area (Å²) in [5, 5.41) is 17.7. The van der Waals surface area contributed by atoms with Crippen LogP contribution in [0.15, 0.2) is 5.16 Å². The molecule has 4 nitrogen and oxygen atoms in total. The minimum absolute atomic E-state index is 0.167. The standard InChI is InChI=1S/C3H2N2O2/c4-1-3(2-6)5-7/h2,7H/b5-3+. The molecule has 4 heteroatoms. The van der Waals surface area contributed by atoms with Gasteiger partial charge in [0, 0.05) is 0 Å². The molecule has 0 atom stereocenters. The Labute approximate surface area is 39.7 Å². The lowest BCUT2D eigenvalue weighted by molar-refractivity contribution is -0.102. The number of aldehydes is 1. The Bertz CT molecular complexity index is 132. The average Bonchev–Trinajstić information content (AvgIpc) is 1.72. The van der Waals surface area contributed by atoms with Crippen LogP contribution in [0.3, 0.4) is 0 Å². The summed E-state index contributed by atoms with van der Waals surface area (Å²) in [7, 11) is 0. The van der Waals surface area contributed by atoms with Gasteiger partial charge in [-0.2, -0.15) is 5.26 Å². The van der Waals surface area contributed by atoms with E-state index >= 15 is 0 Å². The Hall–Kier alpha value is -1.37. The number of oxime groups is 1. The molecule has 7 heavy (non-hydrogen) atoms. The van der Waals surface area contributed by atoms with Crippen LogP contribution in [-0.4, -0.2) is 17.2 Å². The van der Waals surface area contributed by atoms with E-state index in [0.29, 0.717) is 0 Å². The predicted octanol–water partition coefficient (Wildman–Crippen LogP) is -0.461. The van der Waals surface area contributed by atoms with Gasteiger partial charge in [-0.15, -0.1) is 0 Å². The second-order valence-corrected chi connectivity index (χ2v) is 0.715. The number of carbonyl (C=O) groups excluding carboxylic acids is 1. The van der Waals surface area contributed by atoms with Crippen molar-refractivity contribution in [3.63, 3.8) is 0 Å². The van der Waals surface area contributed by atoms with E-state index in [1.54, 1.807) is 0 Å². The van der Waals surface area contributed by atoms with E-state index in [9.17, 15) is 4.79 Å². The molecule has 0 aliphatic heterocycles. The fraction of sp³-hybridized carbons (Fsp3) is 0. The average molecular weight is 98.1 g/mol. The molecule has 1 N–H and O–H groups in total. The van der Waals surface area contributed by atoms with Gasteiger partial charge in [-0.25, -0.2) is 0 Å². The number of rotatable bonds is 1. The molecule has 0 fully saturated rings. The molecule has 0 heterocycles. The lowest BCUT2D eigenvalue weighted by atomic mass is 10.5. The van der Waals surface area contributed by atoms with E-state index in [1.165, 1.54) is 6.07 Å². The molecular weight excluding hydrogens is 96.0 g/mol. The normalized spacial score (nSPS) is 9.86. The van der Waals surface area contributed by atoms with Crippen molar-refractivity contribution in [1.82, 2.24) is 0 Å². The van der Waals surface area contributed by atoms with Gasteiger partial charge in [-0.3, -0.25) is 4.79 Å². The first-order chi connectivity index (χ1) is 3.35. The quantitative estimate of drug-likeness (QED) is 0.209. The minimum atomic E-state index is -0.514. The SMILES string of the molecule is N#C/C(C=O)=N\O. The maximum Gasteiger partial charge on any atom is 0.219 e. The summed E-state index contributed by atoms with van der Waals surface area (Å²) in [6, 6.07) is 1.33. The Morgan fingerprint density at radius 1 is 2.00 bits per heavy atom. The highest BCUT2D eigenvalue weighted by atomic mass is 16.4. The van der Waals surface area contributed by atoms with E-state index in [4.69, 9.17) is 10.5 Å². The van der Waals surface area contributed by atoms with Crippen LogP contribution in [0.1, 0.15) is 0 Å². The van der Waals surface area contributed by atoms with E-state index in [0.717, 1.165) is 0 Å². The van der Waals surface area contributed by atoms with Gasteiger partial charge in [0.15, 0.2) is 6.29 Å². The molecule has 0 aliphatic rings. The molecular formula is C3H2N2O2. The molecule has 0 aromatic carbocycles. The Morgan fingerprint density at radius 3 is 2.57 bits per heavy atom. The largest absolute Gasteiger partial charge is 0.410 e. The Kier molecular flexibility index (Phi) is 2.29. The van der Waals surface area contributed by atoms with Crippen LogP contribution in [0.25, 0.3) is 0 Å². The highest BCUT2D eigenvalue weighted by Crippen LogP contribution is 1.61. The van der Waals surface area contributed by atoms with E-state index < -0.39 is 5.71 Å². The first kappa shape index (κ1) is 5.63. The Balaban J connectivity index is 3.94. The molecule has 36 valence electrons. The zero-order chi connectivity index (χ0) is 5.70. The number of carbonyl (C=O) groups is 1. The second-order valence-electron chi connectivity index (χ2n) is 0.715. The molecule has 0 bridgehead atoms. The van der Waals surface area contributed by atoms with Crippen LogP contribution < -0.4 is 0 Å². The summed E-state index contributed by atoms with van der Waals surface area (Å²) in [6.45, 7) is 0. The zero-order valence-electron chi connectivity index (χ0n) is 3.33. The molecule has 0 spiro atoms. The van der Waals surface area contributed by atoms with Crippen molar-refractivity contribution in [1.29, 1.82) is 5.26 Å². The molecule has 0 amide bonds. The lowest BCUT2D eigenvalue weighted by Gasteiger charge is -1.68. The van der Waals surface area contributed by atoms with Crippen molar-refractivity contribution < 1.29 is 10.0 Å². The van der Waals surface area contributed by atoms with Gasteiger partial charge in [-0.1, -0.05) is 5.16 Å². The highest BCUT2D eigenvalue weighted by molar-refractivity contribution is 6.35. The smallest absolute Gasteiger partial charge is 0.219 e. The first-order valence-electron chi connectivity index (χ1n) is 1.42. The summed E-state index contributed by atoms with van der Waals surface area (Å²) < 4.78 is 0. The molecule has 0 saturated carbocycles. The fourth-order valence-electron chi connectivity index (χ4n) is 0.0723. The number of nitrogens with zero attached hydrogens (tertiary/aromatic N) is 2. The molecule has 0 aliphatic carbocycles. The topological polar surface area (TPSA) is 73.5 Å². The van der Waals surface area contributed by atoms with E-state index in [-0.39, 0.29) is 6.29 Å². The maximum atomic E-state index is 9.45. The van der Waals surface area contributed by atoms with Crippen molar-refractivity contribution >= 4 is 12.0 Å². The van der Waals surface area contributed by atoms with Crippen molar-refractivity contribution in [3.8, 4) is 6.07 Å². The number of nitriles is 1. The number of hydrogen-bond donors (Lipinski definition) is 1. The third kappa shape index (κ3) is 1.49. The van der Waals surface area contributed by atoms with Crippen LogP contribution in [0.5, 0.6) is 0 Å². The molecule has 0 aromatic rings. The first-order valence-corrected chi connectivity index (χ1v) is 1.42. The van der Waals surface area contributed by atoms with Gasteiger partial charge in [0.1, 0.15) is 6.07 Å². The molecule has 0 saturated heterocycles. The zero-order valence-corrected chi connectivity index (χ0v) is 3.33. The molecule has 0 radical (unpaired) electrons. The van der Waals surface area contributed by atoms with Gasteiger partial charge in [-0.05, 0) is 0 Å². The van der Waals surface area contributed by atoms with Crippen molar-refractivity contribution in [2.24, 2.45) is 5.16 Å². The van der Waals surface area contributed by atoms with Crippen molar-refractivity contribution in [2.45, 2.75) is 0 Å². The van der Waals surface area contributed by atoms with Crippen LogP contribution in [-0.2, 0) is 4.79 Å². The van der Waals surface area contributed by atoms with Crippen molar-refractivity contribution in [3.05, 3.63) is 0 Å². The Morgan fingerprint density at radius 2 is 2.57 bits per heavy atom. The van der Waals surface area contributed by atoms with Gasteiger partial charge >= 0.3 is 0 Å². The molecule has 0 rings (SSSR count). The van der Waals surface area contributed by atoms with Gasteiger partial charge in [0.2, 0.25) is 5.71 Å². The van der Waals surface area contributed by atoms with Crippen LogP contribution in [0, 0.1) is 11.3 Å². The fourth-order valence-corrected chi connectivity index (χ4v) is 0.0723. The van der Waals surface area contributed by atoms with E-state index in [1.807, 2.05) is 0 Å². The molecule has 0 unspecified atom stereocenters. The van der Waals surface area contributed by atoms with Crippen LogP contribution >= 0.6 is 0 Å². The van der Waals surface area contributed by atoms with Crippen LogP contribution in [0.2, 0.25) is 0 Å². The van der Waals surface area contributed by atoms with Gasteiger partial charge < -0.3 is 5.21 Å². The van der Waals surface area contributed by atoms with Crippen LogP contribution in [0.4, 0.5) is 0 Å².